The van der Waals surface area contributed by atoms with Gasteiger partial charge in [0.15, 0.2) is 5.82 Å². The molecule has 1 aromatic heterocycles. The van der Waals surface area contributed by atoms with E-state index >= 15 is 0 Å². The summed E-state index contributed by atoms with van der Waals surface area (Å²) in [6, 6.07) is 0.0269. The second kappa shape index (κ2) is 4.10. The van der Waals surface area contributed by atoms with Crippen LogP contribution in [0.15, 0.2) is 10.9 Å². The van der Waals surface area contributed by atoms with Gasteiger partial charge in [-0.3, -0.25) is 4.79 Å². The van der Waals surface area contributed by atoms with Gasteiger partial charge in [0.1, 0.15) is 0 Å². The van der Waals surface area contributed by atoms with Crippen LogP contribution in [-0.2, 0) is 11.3 Å². The molecule has 6 heteroatoms. The summed E-state index contributed by atoms with van der Waals surface area (Å²) in [6.45, 7) is 0.315. The molecule has 1 heterocycles. The topological polar surface area (TPSA) is 94.0 Å². The number of hydrogen-bond acceptors (Lipinski definition) is 5. The van der Waals surface area contributed by atoms with Crippen molar-refractivity contribution in [3.05, 3.63) is 12.2 Å². The molecular weight excluding hydrogens is 220 g/mol. The lowest BCUT2D eigenvalue weighted by molar-refractivity contribution is -0.127. The number of amides is 1. The number of carbonyl (C=O) groups is 1. The largest absolute Gasteiger partial charge is 0.348 e. The Morgan fingerprint density at radius 3 is 3.00 bits per heavy atom. The van der Waals surface area contributed by atoms with Crippen molar-refractivity contribution >= 4 is 5.91 Å². The Labute approximate surface area is 98.9 Å². The number of nitrogens with one attached hydrogen (secondary N) is 1. The molecule has 2 aliphatic carbocycles. The predicted octanol–water partition coefficient (Wildman–Crippen LogP) is 0.0592. The molecule has 6 nitrogen and oxygen atoms in total. The monoisotopic (exact) mass is 236 g/mol. The minimum absolute atomic E-state index is 0.0269. The summed E-state index contributed by atoms with van der Waals surface area (Å²) >= 11 is 0. The van der Waals surface area contributed by atoms with Crippen LogP contribution in [0.2, 0.25) is 0 Å². The van der Waals surface area contributed by atoms with E-state index in [1.807, 2.05) is 0 Å². The minimum atomic E-state index is -0.0272. The number of carbonyl (C=O) groups excluding carboxylic acids is 1. The SMILES string of the molecule is NC1C2CCC(C2)C1C(=O)NCc1ncon1. The van der Waals surface area contributed by atoms with E-state index in [4.69, 9.17) is 5.73 Å². The fourth-order valence-electron chi connectivity index (χ4n) is 3.28. The lowest BCUT2D eigenvalue weighted by Gasteiger charge is -2.26. The van der Waals surface area contributed by atoms with Crippen LogP contribution in [0.5, 0.6) is 0 Å². The second-order valence-corrected chi connectivity index (χ2v) is 5.00. The number of nitrogens with zero attached hydrogens (tertiary/aromatic N) is 2. The van der Waals surface area contributed by atoms with Crippen LogP contribution in [0.3, 0.4) is 0 Å². The lowest BCUT2D eigenvalue weighted by Crippen LogP contribution is -2.45. The van der Waals surface area contributed by atoms with Crippen LogP contribution in [0, 0.1) is 17.8 Å². The molecule has 2 bridgehead atoms. The molecule has 4 unspecified atom stereocenters. The van der Waals surface area contributed by atoms with E-state index in [9.17, 15) is 4.79 Å². The molecule has 0 saturated heterocycles. The van der Waals surface area contributed by atoms with Gasteiger partial charge in [-0.2, -0.15) is 4.98 Å². The van der Waals surface area contributed by atoms with Gasteiger partial charge in [-0.1, -0.05) is 5.16 Å². The highest BCUT2D eigenvalue weighted by Crippen LogP contribution is 2.47. The third-order valence-corrected chi connectivity index (χ3v) is 4.11. The zero-order chi connectivity index (χ0) is 11.8. The fourth-order valence-corrected chi connectivity index (χ4v) is 3.28. The molecule has 1 amide bonds. The van der Waals surface area contributed by atoms with E-state index in [1.165, 1.54) is 12.8 Å². The van der Waals surface area contributed by atoms with E-state index < -0.39 is 0 Å². The summed E-state index contributed by atoms with van der Waals surface area (Å²) in [5.74, 6) is 1.52. The molecule has 17 heavy (non-hydrogen) atoms. The van der Waals surface area contributed by atoms with E-state index in [1.54, 1.807) is 0 Å². The van der Waals surface area contributed by atoms with Crippen molar-refractivity contribution in [2.75, 3.05) is 0 Å². The predicted molar refractivity (Wildman–Crippen MR) is 58.4 cm³/mol. The maximum atomic E-state index is 12.1. The Bertz CT molecular complexity index is 404. The van der Waals surface area contributed by atoms with Gasteiger partial charge in [0, 0.05) is 6.04 Å². The van der Waals surface area contributed by atoms with Crippen molar-refractivity contribution in [1.82, 2.24) is 15.5 Å². The Kier molecular flexibility index (Phi) is 2.58. The minimum Gasteiger partial charge on any atom is -0.348 e. The number of fused-ring (bicyclic) bond motifs is 2. The van der Waals surface area contributed by atoms with Crippen LogP contribution in [0.4, 0.5) is 0 Å². The average molecular weight is 236 g/mol. The van der Waals surface area contributed by atoms with Gasteiger partial charge in [0.25, 0.3) is 0 Å². The number of hydrogen-bond donors (Lipinski definition) is 2. The van der Waals surface area contributed by atoms with Gasteiger partial charge in [0.05, 0.1) is 12.5 Å². The summed E-state index contributed by atoms with van der Waals surface area (Å²) in [6.07, 6.45) is 4.69. The first-order valence-corrected chi connectivity index (χ1v) is 6.04. The van der Waals surface area contributed by atoms with Crippen LogP contribution >= 0.6 is 0 Å². The first-order valence-electron chi connectivity index (χ1n) is 6.04. The smallest absolute Gasteiger partial charge is 0.225 e. The molecule has 2 fully saturated rings. The van der Waals surface area contributed by atoms with Gasteiger partial charge in [-0.15, -0.1) is 0 Å². The van der Waals surface area contributed by atoms with Crippen molar-refractivity contribution in [3.63, 3.8) is 0 Å². The summed E-state index contributed by atoms with van der Waals surface area (Å²) < 4.78 is 4.61. The molecule has 2 saturated carbocycles. The quantitative estimate of drug-likeness (QED) is 0.774. The first kappa shape index (κ1) is 10.7. The molecule has 0 spiro atoms. The molecular formula is C11H16N4O2. The molecule has 4 atom stereocenters. The van der Waals surface area contributed by atoms with Crippen molar-refractivity contribution in [3.8, 4) is 0 Å². The lowest BCUT2D eigenvalue weighted by atomic mass is 9.84. The summed E-state index contributed by atoms with van der Waals surface area (Å²) in [4.78, 5) is 15.9. The first-order chi connectivity index (χ1) is 8.25. The summed E-state index contributed by atoms with van der Waals surface area (Å²) in [7, 11) is 0. The van der Waals surface area contributed by atoms with Crippen LogP contribution in [-0.4, -0.2) is 22.1 Å². The molecule has 3 rings (SSSR count). The van der Waals surface area contributed by atoms with Crippen LogP contribution < -0.4 is 11.1 Å². The standard InChI is InChI=1S/C11H16N4O2/c12-10-7-2-1-6(3-7)9(10)11(16)13-4-8-14-5-17-15-8/h5-7,9-10H,1-4,12H2,(H,13,16). The van der Waals surface area contributed by atoms with Crippen LogP contribution in [0.25, 0.3) is 0 Å². The number of aromatic nitrogens is 2. The second-order valence-electron chi connectivity index (χ2n) is 5.00. The van der Waals surface area contributed by atoms with E-state index in [-0.39, 0.29) is 17.9 Å². The molecule has 92 valence electrons. The highest BCUT2D eigenvalue weighted by molar-refractivity contribution is 5.80. The van der Waals surface area contributed by atoms with E-state index in [0.717, 1.165) is 12.8 Å². The van der Waals surface area contributed by atoms with Gasteiger partial charge in [-0.05, 0) is 31.1 Å². The normalized spacial score (nSPS) is 35.1. The fraction of sp³-hybridized carbons (Fsp3) is 0.727. The van der Waals surface area contributed by atoms with Crippen molar-refractivity contribution in [1.29, 1.82) is 0 Å². The van der Waals surface area contributed by atoms with Gasteiger partial charge >= 0.3 is 0 Å². The maximum Gasteiger partial charge on any atom is 0.225 e. The molecule has 1 aromatic rings. The van der Waals surface area contributed by atoms with Gasteiger partial charge < -0.3 is 15.6 Å². The van der Waals surface area contributed by atoms with Crippen LogP contribution in [0.1, 0.15) is 25.1 Å². The molecule has 0 radical (unpaired) electrons. The molecule has 0 aromatic carbocycles. The third kappa shape index (κ3) is 1.82. The third-order valence-electron chi connectivity index (χ3n) is 4.11. The Hall–Kier alpha value is -1.43. The summed E-state index contributed by atoms with van der Waals surface area (Å²) in [5, 5.41) is 6.49. The van der Waals surface area contributed by atoms with E-state index in [2.05, 4.69) is 20.0 Å². The van der Waals surface area contributed by atoms with Crippen molar-refractivity contribution in [2.45, 2.75) is 31.8 Å². The Balaban J connectivity index is 1.59. The molecule has 2 aliphatic rings. The molecule has 3 N–H and O–H groups in total. The zero-order valence-electron chi connectivity index (χ0n) is 9.50. The van der Waals surface area contributed by atoms with E-state index in [0.29, 0.717) is 24.2 Å². The Morgan fingerprint density at radius 1 is 1.53 bits per heavy atom. The van der Waals surface area contributed by atoms with Crippen molar-refractivity contribution in [2.24, 2.45) is 23.5 Å². The van der Waals surface area contributed by atoms with Gasteiger partial charge in [-0.25, -0.2) is 0 Å². The number of nitrogens with two attached hydrogens (primary N) is 1. The van der Waals surface area contributed by atoms with Crippen molar-refractivity contribution < 1.29 is 9.32 Å². The zero-order valence-corrected chi connectivity index (χ0v) is 9.50. The molecule has 0 aliphatic heterocycles. The Morgan fingerprint density at radius 2 is 2.35 bits per heavy atom. The maximum absolute atomic E-state index is 12.1. The number of rotatable bonds is 3. The van der Waals surface area contributed by atoms with Gasteiger partial charge in [0.2, 0.25) is 12.3 Å². The summed E-state index contributed by atoms with van der Waals surface area (Å²) in [5.41, 5.74) is 6.10. The average Bonchev–Trinajstić information content (AvgIpc) is 3.02. The highest BCUT2D eigenvalue weighted by Gasteiger charge is 2.48. The highest BCUT2D eigenvalue weighted by atomic mass is 16.5.